The summed E-state index contributed by atoms with van der Waals surface area (Å²) >= 11 is 6.11. The standard InChI is InChI=1S/C14H23ClN4/c1-5-8-17-14(4,10-16)7-6-9-19-12(3)13(15)11(2)18-19/h17H,5-9H2,1-4H3. The zero-order chi connectivity index (χ0) is 14.5. The molecule has 0 aliphatic rings. The molecule has 0 radical (unpaired) electrons. The SMILES string of the molecule is CCCNC(C)(C#N)CCCn1nc(C)c(Cl)c1C. The second-order valence-electron chi connectivity index (χ2n) is 5.18. The van der Waals surface area contributed by atoms with Crippen molar-refractivity contribution in [1.29, 1.82) is 5.26 Å². The van der Waals surface area contributed by atoms with E-state index in [9.17, 15) is 5.26 Å². The van der Waals surface area contributed by atoms with Gasteiger partial charge in [0.15, 0.2) is 0 Å². The van der Waals surface area contributed by atoms with Crippen LogP contribution in [0.15, 0.2) is 0 Å². The van der Waals surface area contributed by atoms with Gasteiger partial charge in [0, 0.05) is 6.54 Å². The minimum Gasteiger partial charge on any atom is -0.300 e. The summed E-state index contributed by atoms with van der Waals surface area (Å²) in [6.45, 7) is 9.61. The Balaban J connectivity index is 2.53. The molecule has 1 heterocycles. The van der Waals surface area contributed by atoms with Crippen LogP contribution >= 0.6 is 11.6 Å². The summed E-state index contributed by atoms with van der Waals surface area (Å²) in [6.07, 6.45) is 2.74. The zero-order valence-corrected chi connectivity index (χ0v) is 13.0. The van der Waals surface area contributed by atoms with E-state index in [4.69, 9.17) is 11.6 Å². The summed E-state index contributed by atoms with van der Waals surface area (Å²) in [4.78, 5) is 0. The Labute approximate surface area is 120 Å². The average Bonchev–Trinajstić information content (AvgIpc) is 2.64. The molecule has 0 spiro atoms. The Morgan fingerprint density at radius 3 is 2.63 bits per heavy atom. The molecule has 0 aliphatic heterocycles. The van der Waals surface area contributed by atoms with Crippen molar-refractivity contribution in [3.63, 3.8) is 0 Å². The molecule has 0 bridgehead atoms. The van der Waals surface area contributed by atoms with Gasteiger partial charge >= 0.3 is 0 Å². The van der Waals surface area contributed by atoms with E-state index in [0.717, 1.165) is 48.8 Å². The van der Waals surface area contributed by atoms with Crippen LogP contribution in [0.25, 0.3) is 0 Å². The first-order valence-electron chi connectivity index (χ1n) is 6.79. The first-order chi connectivity index (χ1) is 8.93. The van der Waals surface area contributed by atoms with Gasteiger partial charge in [0.05, 0.1) is 22.5 Å². The lowest BCUT2D eigenvalue weighted by atomic mass is 9.97. The van der Waals surface area contributed by atoms with Gasteiger partial charge in [-0.05, 0) is 46.6 Å². The molecule has 0 saturated carbocycles. The predicted molar refractivity (Wildman–Crippen MR) is 78.3 cm³/mol. The Kier molecular flexibility index (Phi) is 5.84. The minimum atomic E-state index is -0.449. The normalized spacial score (nSPS) is 14.1. The van der Waals surface area contributed by atoms with Crippen LogP contribution in [0.2, 0.25) is 5.02 Å². The van der Waals surface area contributed by atoms with E-state index < -0.39 is 5.54 Å². The third-order valence-corrected chi connectivity index (χ3v) is 3.90. The molecule has 0 fully saturated rings. The van der Waals surface area contributed by atoms with Crippen LogP contribution < -0.4 is 5.32 Å². The van der Waals surface area contributed by atoms with Crippen molar-refractivity contribution in [2.24, 2.45) is 0 Å². The second-order valence-corrected chi connectivity index (χ2v) is 5.56. The molecule has 1 atom stereocenters. The average molecular weight is 283 g/mol. The molecule has 19 heavy (non-hydrogen) atoms. The molecule has 1 aromatic rings. The number of halogens is 1. The highest BCUT2D eigenvalue weighted by Crippen LogP contribution is 2.20. The summed E-state index contributed by atoms with van der Waals surface area (Å²) in [5.41, 5.74) is 1.42. The van der Waals surface area contributed by atoms with Gasteiger partial charge in [0.25, 0.3) is 0 Å². The number of nitrogens with zero attached hydrogens (tertiary/aromatic N) is 3. The largest absolute Gasteiger partial charge is 0.300 e. The minimum absolute atomic E-state index is 0.449. The molecule has 0 aromatic carbocycles. The maximum Gasteiger partial charge on any atom is 0.103 e. The smallest absolute Gasteiger partial charge is 0.103 e. The summed E-state index contributed by atoms with van der Waals surface area (Å²) < 4.78 is 1.93. The van der Waals surface area contributed by atoms with Crippen molar-refractivity contribution in [1.82, 2.24) is 15.1 Å². The van der Waals surface area contributed by atoms with Crippen LogP contribution in [-0.2, 0) is 6.54 Å². The fraction of sp³-hybridized carbons (Fsp3) is 0.714. The molecule has 5 heteroatoms. The number of aryl methyl sites for hydroxylation is 2. The lowest BCUT2D eigenvalue weighted by Crippen LogP contribution is -2.41. The van der Waals surface area contributed by atoms with Gasteiger partial charge in [-0.2, -0.15) is 10.4 Å². The number of rotatable bonds is 7. The molecular formula is C14H23ClN4. The maximum atomic E-state index is 9.26. The molecule has 0 saturated heterocycles. The van der Waals surface area contributed by atoms with Gasteiger partial charge in [-0.15, -0.1) is 0 Å². The first kappa shape index (κ1) is 16.0. The Morgan fingerprint density at radius 1 is 1.47 bits per heavy atom. The summed E-state index contributed by atoms with van der Waals surface area (Å²) in [7, 11) is 0. The quantitative estimate of drug-likeness (QED) is 0.835. The molecule has 106 valence electrons. The third kappa shape index (κ3) is 4.22. The first-order valence-corrected chi connectivity index (χ1v) is 7.17. The molecule has 4 nitrogen and oxygen atoms in total. The second kappa shape index (κ2) is 6.93. The van der Waals surface area contributed by atoms with Gasteiger partial charge in [0.1, 0.15) is 5.54 Å². The summed E-state index contributed by atoms with van der Waals surface area (Å²) in [6, 6.07) is 2.36. The van der Waals surface area contributed by atoms with Gasteiger partial charge in [-0.1, -0.05) is 18.5 Å². The number of nitrogens with one attached hydrogen (secondary N) is 1. The molecule has 1 aromatic heterocycles. The fourth-order valence-electron chi connectivity index (χ4n) is 2.06. The van der Waals surface area contributed by atoms with E-state index in [1.807, 2.05) is 25.5 Å². The van der Waals surface area contributed by atoms with Gasteiger partial charge in [0.2, 0.25) is 0 Å². The number of hydrogen-bond donors (Lipinski definition) is 1. The van der Waals surface area contributed by atoms with E-state index in [1.165, 1.54) is 0 Å². The predicted octanol–water partition coefficient (Wildman–Crippen LogP) is 3.22. The Hall–Kier alpha value is -1.05. The fourth-order valence-corrected chi connectivity index (χ4v) is 2.20. The van der Waals surface area contributed by atoms with Crippen LogP contribution in [0.5, 0.6) is 0 Å². The van der Waals surface area contributed by atoms with Crippen molar-refractivity contribution < 1.29 is 0 Å². The van der Waals surface area contributed by atoms with Crippen molar-refractivity contribution in [2.75, 3.05) is 6.54 Å². The van der Waals surface area contributed by atoms with E-state index >= 15 is 0 Å². The van der Waals surface area contributed by atoms with Gasteiger partial charge in [-0.25, -0.2) is 0 Å². The van der Waals surface area contributed by atoms with Crippen LogP contribution in [0.4, 0.5) is 0 Å². The van der Waals surface area contributed by atoms with E-state index in [0.29, 0.717) is 0 Å². The highest BCUT2D eigenvalue weighted by molar-refractivity contribution is 6.31. The van der Waals surface area contributed by atoms with Crippen LogP contribution in [0.1, 0.15) is 44.5 Å². The third-order valence-electron chi connectivity index (χ3n) is 3.35. The molecule has 0 aliphatic carbocycles. The van der Waals surface area contributed by atoms with E-state index in [2.05, 4.69) is 23.4 Å². The van der Waals surface area contributed by atoms with Crippen molar-refractivity contribution in [2.45, 2.75) is 59.0 Å². The molecule has 0 amide bonds. The van der Waals surface area contributed by atoms with Gasteiger partial charge in [-0.3, -0.25) is 10.00 Å². The number of nitriles is 1. The highest BCUT2D eigenvalue weighted by atomic mass is 35.5. The van der Waals surface area contributed by atoms with E-state index in [-0.39, 0.29) is 0 Å². The molecule has 1 unspecified atom stereocenters. The van der Waals surface area contributed by atoms with Crippen molar-refractivity contribution >= 4 is 11.6 Å². The zero-order valence-electron chi connectivity index (χ0n) is 12.3. The Bertz CT molecular complexity index is 461. The van der Waals surface area contributed by atoms with Gasteiger partial charge < -0.3 is 0 Å². The summed E-state index contributed by atoms with van der Waals surface area (Å²) in [5.74, 6) is 0. The lowest BCUT2D eigenvalue weighted by molar-refractivity contribution is 0.388. The van der Waals surface area contributed by atoms with Crippen LogP contribution in [-0.4, -0.2) is 21.9 Å². The molecule has 1 N–H and O–H groups in total. The number of hydrogen-bond acceptors (Lipinski definition) is 3. The van der Waals surface area contributed by atoms with Crippen LogP contribution in [0, 0.1) is 25.2 Å². The van der Waals surface area contributed by atoms with Crippen LogP contribution in [0.3, 0.4) is 0 Å². The highest BCUT2D eigenvalue weighted by Gasteiger charge is 2.22. The topological polar surface area (TPSA) is 53.6 Å². The molecular weight excluding hydrogens is 260 g/mol. The maximum absolute atomic E-state index is 9.26. The number of aromatic nitrogens is 2. The molecule has 1 rings (SSSR count). The Morgan fingerprint density at radius 2 is 2.16 bits per heavy atom. The van der Waals surface area contributed by atoms with E-state index in [1.54, 1.807) is 0 Å². The lowest BCUT2D eigenvalue weighted by Gasteiger charge is -2.23. The van der Waals surface area contributed by atoms with Crippen molar-refractivity contribution in [3.05, 3.63) is 16.4 Å². The van der Waals surface area contributed by atoms with Crippen molar-refractivity contribution in [3.8, 4) is 6.07 Å². The monoisotopic (exact) mass is 282 g/mol. The summed E-state index contributed by atoms with van der Waals surface area (Å²) in [5, 5.41) is 17.7.